The SMILES string of the molecule is CCc1c(CN)sc2ccc(OC)cc12. The summed E-state index contributed by atoms with van der Waals surface area (Å²) in [5, 5.41) is 1.29. The molecule has 0 aliphatic heterocycles. The Labute approximate surface area is 93.7 Å². The lowest BCUT2D eigenvalue weighted by Crippen LogP contribution is -1.96. The molecule has 0 saturated heterocycles. The van der Waals surface area contributed by atoms with E-state index in [1.54, 1.807) is 18.4 Å². The minimum absolute atomic E-state index is 0.630. The molecular weight excluding hydrogens is 206 g/mol. The summed E-state index contributed by atoms with van der Waals surface area (Å²) in [6, 6.07) is 6.21. The van der Waals surface area contributed by atoms with Gasteiger partial charge < -0.3 is 10.5 Å². The smallest absolute Gasteiger partial charge is 0.119 e. The zero-order valence-corrected chi connectivity index (χ0v) is 9.86. The summed E-state index contributed by atoms with van der Waals surface area (Å²) in [4.78, 5) is 1.29. The van der Waals surface area contributed by atoms with Crippen molar-refractivity contribution in [1.29, 1.82) is 0 Å². The number of rotatable bonds is 3. The molecule has 1 aromatic heterocycles. The highest BCUT2D eigenvalue weighted by Crippen LogP contribution is 2.33. The van der Waals surface area contributed by atoms with Crippen LogP contribution in [-0.4, -0.2) is 7.11 Å². The van der Waals surface area contributed by atoms with E-state index in [9.17, 15) is 0 Å². The van der Waals surface area contributed by atoms with Crippen LogP contribution in [0.3, 0.4) is 0 Å². The normalized spacial score (nSPS) is 10.9. The molecule has 0 aliphatic carbocycles. The lowest BCUT2D eigenvalue weighted by molar-refractivity contribution is 0.415. The third-order valence-corrected chi connectivity index (χ3v) is 3.86. The average Bonchev–Trinajstić information content (AvgIpc) is 2.65. The summed E-state index contributed by atoms with van der Waals surface area (Å²) in [5.41, 5.74) is 7.11. The minimum Gasteiger partial charge on any atom is -0.497 e. The van der Waals surface area contributed by atoms with Crippen molar-refractivity contribution in [2.45, 2.75) is 19.9 Å². The quantitative estimate of drug-likeness (QED) is 0.865. The summed E-state index contributed by atoms with van der Waals surface area (Å²) >= 11 is 1.79. The Morgan fingerprint density at radius 2 is 2.20 bits per heavy atom. The number of fused-ring (bicyclic) bond motifs is 1. The Morgan fingerprint density at radius 3 is 2.80 bits per heavy atom. The molecular formula is C12H15NOS. The first kappa shape index (κ1) is 10.5. The summed E-state index contributed by atoms with van der Waals surface area (Å²) < 4.78 is 6.54. The number of ether oxygens (including phenoxy) is 1. The van der Waals surface area contributed by atoms with Gasteiger partial charge in [-0.15, -0.1) is 11.3 Å². The van der Waals surface area contributed by atoms with Gasteiger partial charge in [0.15, 0.2) is 0 Å². The molecule has 2 rings (SSSR count). The van der Waals surface area contributed by atoms with E-state index in [1.165, 1.54) is 20.5 Å². The summed E-state index contributed by atoms with van der Waals surface area (Å²) in [7, 11) is 1.70. The van der Waals surface area contributed by atoms with Crippen molar-refractivity contribution in [2.24, 2.45) is 5.73 Å². The van der Waals surface area contributed by atoms with Crippen molar-refractivity contribution in [3.05, 3.63) is 28.6 Å². The molecule has 0 unspecified atom stereocenters. The van der Waals surface area contributed by atoms with Crippen LogP contribution in [-0.2, 0) is 13.0 Å². The molecule has 80 valence electrons. The maximum atomic E-state index is 5.74. The zero-order valence-electron chi connectivity index (χ0n) is 9.04. The Morgan fingerprint density at radius 1 is 1.40 bits per heavy atom. The van der Waals surface area contributed by atoms with E-state index in [-0.39, 0.29) is 0 Å². The topological polar surface area (TPSA) is 35.2 Å². The number of hydrogen-bond acceptors (Lipinski definition) is 3. The standard InChI is InChI=1S/C12H15NOS/c1-3-9-10-6-8(14-2)4-5-11(10)15-12(9)7-13/h4-6H,3,7,13H2,1-2H3. The van der Waals surface area contributed by atoms with Crippen LogP contribution in [0.5, 0.6) is 5.75 Å². The largest absolute Gasteiger partial charge is 0.497 e. The lowest BCUT2D eigenvalue weighted by atomic mass is 10.1. The van der Waals surface area contributed by atoms with Gasteiger partial charge in [0, 0.05) is 16.1 Å². The van der Waals surface area contributed by atoms with Gasteiger partial charge in [0.1, 0.15) is 5.75 Å². The van der Waals surface area contributed by atoms with Crippen LogP contribution in [0.25, 0.3) is 10.1 Å². The molecule has 1 aromatic carbocycles. The highest BCUT2D eigenvalue weighted by molar-refractivity contribution is 7.19. The molecule has 0 fully saturated rings. The maximum absolute atomic E-state index is 5.74. The average molecular weight is 221 g/mol. The molecule has 0 saturated carbocycles. The highest BCUT2D eigenvalue weighted by atomic mass is 32.1. The van der Waals surface area contributed by atoms with Crippen LogP contribution >= 0.6 is 11.3 Å². The molecule has 2 nitrogen and oxygen atoms in total. The summed E-state index contributed by atoms with van der Waals surface area (Å²) in [6.45, 7) is 2.80. The molecule has 0 bridgehead atoms. The number of benzene rings is 1. The summed E-state index contributed by atoms with van der Waals surface area (Å²) in [6.07, 6.45) is 1.03. The van der Waals surface area contributed by atoms with Crippen molar-refractivity contribution in [1.82, 2.24) is 0 Å². The van der Waals surface area contributed by atoms with Gasteiger partial charge in [-0.1, -0.05) is 6.92 Å². The molecule has 0 radical (unpaired) electrons. The Balaban J connectivity index is 2.67. The first-order valence-corrected chi connectivity index (χ1v) is 5.90. The number of nitrogens with two attached hydrogens (primary N) is 1. The van der Waals surface area contributed by atoms with Crippen molar-refractivity contribution in [3.8, 4) is 5.75 Å². The molecule has 15 heavy (non-hydrogen) atoms. The van der Waals surface area contributed by atoms with Gasteiger partial charge in [-0.05, 0) is 35.6 Å². The molecule has 0 spiro atoms. The summed E-state index contributed by atoms with van der Waals surface area (Å²) in [5.74, 6) is 0.915. The molecule has 0 atom stereocenters. The first-order valence-electron chi connectivity index (χ1n) is 5.08. The van der Waals surface area contributed by atoms with Crippen molar-refractivity contribution in [2.75, 3.05) is 7.11 Å². The van der Waals surface area contributed by atoms with E-state index in [2.05, 4.69) is 19.1 Å². The van der Waals surface area contributed by atoms with E-state index in [0.717, 1.165) is 12.2 Å². The fourth-order valence-corrected chi connectivity index (χ4v) is 3.01. The third kappa shape index (κ3) is 1.73. The second kappa shape index (κ2) is 4.21. The van der Waals surface area contributed by atoms with E-state index in [1.807, 2.05) is 6.07 Å². The third-order valence-electron chi connectivity index (χ3n) is 2.62. The number of aryl methyl sites for hydroxylation is 1. The van der Waals surface area contributed by atoms with Crippen molar-refractivity contribution < 1.29 is 4.74 Å². The van der Waals surface area contributed by atoms with Gasteiger partial charge in [-0.25, -0.2) is 0 Å². The van der Waals surface area contributed by atoms with Crippen LogP contribution in [0.15, 0.2) is 18.2 Å². The lowest BCUT2D eigenvalue weighted by Gasteiger charge is -2.01. The van der Waals surface area contributed by atoms with Crippen LogP contribution in [0.4, 0.5) is 0 Å². The second-order valence-corrected chi connectivity index (χ2v) is 4.56. The zero-order chi connectivity index (χ0) is 10.8. The first-order chi connectivity index (χ1) is 7.30. The van der Waals surface area contributed by atoms with E-state index < -0.39 is 0 Å². The van der Waals surface area contributed by atoms with E-state index in [4.69, 9.17) is 10.5 Å². The predicted molar refractivity (Wildman–Crippen MR) is 65.6 cm³/mol. The molecule has 2 aromatic rings. The van der Waals surface area contributed by atoms with Crippen LogP contribution in [0, 0.1) is 0 Å². The van der Waals surface area contributed by atoms with Gasteiger partial charge in [0.25, 0.3) is 0 Å². The number of hydrogen-bond donors (Lipinski definition) is 1. The van der Waals surface area contributed by atoms with E-state index >= 15 is 0 Å². The fraction of sp³-hybridized carbons (Fsp3) is 0.333. The Kier molecular flexibility index (Phi) is 2.93. The molecule has 0 amide bonds. The van der Waals surface area contributed by atoms with Crippen LogP contribution < -0.4 is 10.5 Å². The van der Waals surface area contributed by atoms with Crippen molar-refractivity contribution in [3.63, 3.8) is 0 Å². The maximum Gasteiger partial charge on any atom is 0.119 e. The number of thiophene rings is 1. The van der Waals surface area contributed by atoms with Crippen LogP contribution in [0.1, 0.15) is 17.4 Å². The molecule has 1 heterocycles. The fourth-order valence-electron chi connectivity index (χ4n) is 1.86. The molecule has 3 heteroatoms. The van der Waals surface area contributed by atoms with Gasteiger partial charge >= 0.3 is 0 Å². The van der Waals surface area contributed by atoms with E-state index in [0.29, 0.717) is 6.54 Å². The van der Waals surface area contributed by atoms with Gasteiger partial charge in [0.2, 0.25) is 0 Å². The monoisotopic (exact) mass is 221 g/mol. The molecule has 2 N–H and O–H groups in total. The van der Waals surface area contributed by atoms with Crippen molar-refractivity contribution >= 4 is 21.4 Å². The highest BCUT2D eigenvalue weighted by Gasteiger charge is 2.09. The molecule has 0 aliphatic rings. The number of methoxy groups -OCH3 is 1. The predicted octanol–water partition coefficient (Wildman–Crippen LogP) is 2.93. The van der Waals surface area contributed by atoms with Gasteiger partial charge in [-0.2, -0.15) is 0 Å². The van der Waals surface area contributed by atoms with Gasteiger partial charge in [-0.3, -0.25) is 0 Å². The van der Waals surface area contributed by atoms with Gasteiger partial charge in [0.05, 0.1) is 7.11 Å². The second-order valence-electron chi connectivity index (χ2n) is 3.42. The Bertz CT molecular complexity index is 476. The van der Waals surface area contributed by atoms with Crippen LogP contribution in [0.2, 0.25) is 0 Å². The minimum atomic E-state index is 0.630. The Hall–Kier alpha value is -1.06.